The van der Waals surface area contributed by atoms with E-state index >= 15 is 0 Å². The molecule has 0 spiro atoms. The fourth-order valence-electron chi connectivity index (χ4n) is 8.20. The van der Waals surface area contributed by atoms with E-state index in [4.69, 9.17) is 70.3 Å². The molecule has 0 radical (unpaired) electrons. The van der Waals surface area contributed by atoms with Gasteiger partial charge >= 0.3 is 0 Å². The van der Waals surface area contributed by atoms with Gasteiger partial charge in [-0.2, -0.15) is 0 Å². The van der Waals surface area contributed by atoms with Crippen LogP contribution in [0.4, 0.5) is 22.7 Å². The summed E-state index contributed by atoms with van der Waals surface area (Å²) in [5.74, 6) is 0.269. The fraction of sp³-hybridized carbons (Fsp3) is 0.440. The smallest absolute Gasteiger partial charge is 0.248 e. The maximum absolute atomic E-state index is 12.3. The highest BCUT2D eigenvalue weighted by molar-refractivity contribution is 5.97. The van der Waals surface area contributed by atoms with E-state index in [0.29, 0.717) is 54.7 Å². The predicted octanol–water partition coefficient (Wildman–Crippen LogP) is 4.46. The number of carbonyl (C=O) groups excluding carboxylic acids is 2. The number of benzene rings is 4. The number of primary amides is 2. The molecule has 69 heavy (non-hydrogen) atoms. The van der Waals surface area contributed by atoms with Crippen molar-refractivity contribution in [1.29, 1.82) is 0 Å². The van der Waals surface area contributed by atoms with Crippen molar-refractivity contribution in [3.63, 3.8) is 0 Å². The Morgan fingerprint density at radius 3 is 1.97 bits per heavy atom. The third kappa shape index (κ3) is 14.0. The van der Waals surface area contributed by atoms with Crippen LogP contribution < -0.4 is 47.8 Å². The first kappa shape index (κ1) is 50.7. The average Bonchev–Trinajstić information content (AvgIpc) is 3.36. The van der Waals surface area contributed by atoms with Gasteiger partial charge in [0.15, 0.2) is 12.6 Å². The van der Waals surface area contributed by atoms with Crippen molar-refractivity contribution in [2.45, 2.75) is 56.4 Å². The minimum Gasteiger partial charge on any atom is -0.497 e. The molecule has 10 N–H and O–H groups in total. The van der Waals surface area contributed by atoms with Crippen LogP contribution in [-0.2, 0) is 39.8 Å². The summed E-state index contributed by atoms with van der Waals surface area (Å²) in [5.41, 5.74) is 28.0. The molecule has 0 aromatic heterocycles. The van der Waals surface area contributed by atoms with Crippen molar-refractivity contribution in [3.8, 4) is 17.2 Å². The molecule has 3 aliphatic heterocycles. The molecule has 3 aliphatic rings. The van der Waals surface area contributed by atoms with Crippen LogP contribution in [0.25, 0.3) is 0 Å². The number of anilines is 4. The van der Waals surface area contributed by atoms with Crippen LogP contribution in [0.1, 0.15) is 51.0 Å². The quantitative estimate of drug-likeness (QED) is 0.0304. The molecule has 4 aromatic carbocycles. The van der Waals surface area contributed by atoms with E-state index in [1.807, 2.05) is 66.7 Å². The summed E-state index contributed by atoms with van der Waals surface area (Å²) in [6, 6.07) is 23.5. The molecule has 6 atom stereocenters. The summed E-state index contributed by atoms with van der Waals surface area (Å²) in [6.45, 7) is 6.18. The van der Waals surface area contributed by atoms with Crippen molar-refractivity contribution in [2.24, 2.45) is 11.5 Å². The number of amides is 2. The van der Waals surface area contributed by atoms with E-state index in [-0.39, 0.29) is 43.2 Å². The molecule has 3 heterocycles. The maximum atomic E-state index is 12.3. The minimum absolute atomic E-state index is 0.193. The first-order chi connectivity index (χ1) is 33.6. The van der Waals surface area contributed by atoms with Gasteiger partial charge in [0.1, 0.15) is 53.0 Å². The lowest BCUT2D eigenvalue weighted by molar-refractivity contribution is -0.368. The third-order valence-corrected chi connectivity index (χ3v) is 11.8. The molecule has 19 heteroatoms. The van der Waals surface area contributed by atoms with Gasteiger partial charge in [0, 0.05) is 62.9 Å². The standard InChI is InChI=1S/C50H65N7O12/c1-60-36-14-12-32(13-15-36)30-66-45-44-41(31-67-49(69-44)33-10-4-3-5-11-33)68-50(61-2)46(45)65-23-9-22-64-40-29-35(48(54)59)27-38(52)43(40)56-17-7-6-16-55-42-37(51)26-34(47(53)58)28-39(42)63-21-8-18-57-19-24-62-25-20-57/h3-7,10-15,26-29,41,44-46,49-50,55-56H,8-9,16-25,30-31,51-52H2,1-2H3,(H2,53,58)(H2,54,59)/b7-6+/t41-,44-,45?,46-,49?,50+/m1/s1. The van der Waals surface area contributed by atoms with E-state index in [0.717, 1.165) is 56.1 Å². The van der Waals surface area contributed by atoms with Crippen LogP contribution in [0.3, 0.4) is 0 Å². The summed E-state index contributed by atoms with van der Waals surface area (Å²) in [4.78, 5) is 26.6. The molecule has 4 aromatic rings. The Labute approximate surface area is 402 Å². The largest absolute Gasteiger partial charge is 0.497 e. The fourth-order valence-corrected chi connectivity index (χ4v) is 8.20. The zero-order valence-electron chi connectivity index (χ0n) is 39.2. The van der Waals surface area contributed by atoms with Gasteiger partial charge in [0.25, 0.3) is 0 Å². The molecule has 0 saturated carbocycles. The average molecular weight is 956 g/mol. The van der Waals surface area contributed by atoms with Crippen molar-refractivity contribution in [3.05, 3.63) is 113 Å². The van der Waals surface area contributed by atoms with Crippen LogP contribution in [0.5, 0.6) is 17.2 Å². The Bertz CT molecular complexity index is 2300. The monoisotopic (exact) mass is 955 g/mol. The number of nitrogens with zero attached hydrogens (tertiary/aromatic N) is 1. The van der Waals surface area contributed by atoms with Gasteiger partial charge in [-0.25, -0.2) is 0 Å². The van der Waals surface area contributed by atoms with Gasteiger partial charge in [-0.3, -0.25) is 14.5 Å². The molecule has 0 bridgehead atoms. The Morgan fingerprint density at radius 2 is 1.38 bits per heavy atom. The van der Waals surface area contributed by atoms with E-state index in [9.17, 15) is 9.59 Å². The Hall–Kier alpha value is -6.16. The first-order valence-electron chi connectivity index (χ1n) is 23.1. The maximum Gasteiger partial charge on any atom is 0.248 e. The molecule has 7 rings (SSSR count). The van der Waals surface area contributed by atoms with Gasteiger partial charge in [0.2, 0.25) is 11.8 Å². The van der Waals surface area contributed by atoms with E-state index in [1.54, 1.807) is 26.4 Å². The second-order valence-electron chi connectivity index (χ2n) is 16.6. The molecule has 3 saturated heterocycles. The van der Waals surface area contributed by atoms with Crippen LogP contribution in [0.2, 0.25) is 0 Å². The van der Waals surface area contributed by atoms with Crippen LogP contribution >= 0.6 is 0 Å². The highest BCUT2D eigenvalue weighted by Gasteiger charge is 2.51. The van der Waals surface area contributed by atoms with E-state index in [2.05, 4.69) is 15.5 Å². The molecule has 372 valence electrons. The van der Waals surface area contributed by atoms with Crippen LogP contribution in [0, 0.1) is 0 Å². The summed E-state index contributed by atoms with van der Waals surface area (Å²) in [6.07, 6.45) is 1.26. The zero-order chi connectivity index (χ0) is 48.5. The number of fused-ring (bicyclic) bond motifs is 1. The molecular formula is C50H65N7O12. The normalized spacial score (nSPS) is 21.6. The number of hydrogen-bond acceptors (Lipinski definition) is 17. The van der Waals surface area contributed by atoms with E-state index in [1.165, 1.54) is 12.1 Å². The van der Waals surface area contributed by atoms with Gasteiger partial charge in [-0.15, -0.1) is 0 Å². The zero-order valence-corrected chi connectivity index (χ0v) is 39.2. The lowest BCUT2D eigenvalue weighted by Gasteiger charge is -2.48. The molecule has 3 fully saturated rings. The van der Waals surface area contributed by atoms with Crippen molar-refractivity contribution in [1.82, 2.24) is 4.90 Å². The number of rotatable bonds is 25. The second-order valence-corrected chi connectivity index (χ2v) is 16.6. The van der Waals surface area contributed by atoms with Crippen molar-refractivity contribution in [2.75, 3.05) is 109 Å². The van der Waals surface area contributed by atoms with Crippen molar-refractivity contribution >= 4 is 34.6 Å². The first-order valence-corrected chi connectivity index (χ1v) is 23.1. The van der Waals surface area contributed by atoms with Gasteiger partial charge in [-0.05, 0) is 48.4 Å². The topological polar surface area (TPSA) is 258 Å². The molecule has 19 nitrogen and oxygen atoms in total. The second kappa shape index (κ2) is 25.4. The Kier molecular flexibility index (Phi) is 18.7. The van der Waals surface area contributed by atoms with Gasteiger partial charge < -0.3 is 80.9 Å². The van der Waals surface area contributed by atoms with Gasteiger partial charge in [0.05, 0.1) is 64.7 Å². The summed E-state index contributed by atoms with van der Waals surface area (Å²) in [7, 11) is 3.18. The summed E-state index contributed by atoms with van der Waals surface area (Å²) in [5, 5.41) is 6.59. The Balaban J connectivity index is 0.951. The summed E-state index contributed by atoms with van der Waals surface area (Å²) < 4.78 is 61.1. The van der Waals surface area contributed by atoms with Crippen LogP contribution in [-0.4, -0.2) is 134 Å². The third-order valence-electron chi connectivity index (χ3n) is 11.8. The number of nitrogens with two attached hydrogens (primary N) is 4. The molecule has 0 aliphatic carbocycles. The highest BCUT2D eigenvalue weighted by Crippen LogP contribution is 2.38. The van der Waals surface area contributed by atoms with Gasteiger partial charge in [-0.1, -0.05) is 54.6 Å². The predicted molar refractivity (Wildman–Crippen MR) is 259 cm³/mol. The lowest BCUT2D eigenvalue weighted by Crippen LogP contribution is -2.63. The van der Waals surface area contributed by atoms with Crippen molar-refractivity contribution < 1.29 is 57.0 Å². The van der Waals surface area contributed by atoms with Crippen LogP contribution in [0.15, 0.2) is 91.0 Å². The molecule has 2 unspecified atom stereocenters. The number of carbonyl (C=O) groups is 2. The number of ether oxygens (including phenoxy) is 10. The SMILES string of the molecule is COc1ccc(COC2[C@@H](OCCCOc3cc(C(N)=O)cc(N)c3NC/C=C/CNc3c(N)cc(C(N)=O)cc3OCCCN3CCOCC3)[C@@H](OC)O[C@@H]3COC(c4ccccc4)O[C@@H]23)cc1. The van der Waals surface area contributed by atoms with E-state index < -0.39 is 48.8 Å². The number of nitrogens with one attached hydrogen (secondary N) is 2. The molecular weight excluding hydrogens is 891 g/mol. The minimum atomic E-state index is -0.787. The highest BCUT2D eigenvalue weighted by atomic mass is 16.8. The Morgan fingerprint density at radius 1 is 0.754 bits per heavy atom. The molecule has 2 amide bonds. The number of nitrogen functional groups attached to an aromatic ring is 2. The lowest BCUT2D eigenvalue weighted by atomic mass is 9.97. The number of morpholine rings is 1. The summed E-state index contributed by atoms with van der Waals surface area (Å²) >= 11 is 0. The number of methoxy groups -OCH3 is 2. The number of hydrogen-bond donors (Lipinski definition) is 6.